The Morgan fingerprint density at radius 1 is 1.11 bits per heavy atom. The van der Waals surface area contributed by atoms with Crippen molar-refractivity contribution in [1.29, 1.82) is 0 Å². The van der Waals surface area contributed by atoms with Crippen LogP contribution in [0.2, 0.25) is 15.3 Å². The van der Waals surface area contributed by atoms with E-state index >= 15 is 0 Å². The van der Waals surface area contributed by atoms with Crippen LogP contribution in [0.5, 0.6) is 5.75 Å². The van der Waals surface area contributed by atoms with Gasteiger partial charge in [-0.1, -0.05) is 40.9 Å². The molecule has 5 heteroatoms. The zero-order chi connectivity index (χ0) is 13.1. The Balaban J connectivity index is 2.13. The van der Waals surface area contributed by atoms with E-state index in [-0.39, 0.29) is 0 Å². The summed E-state index contributed by atoms with van der Waals surface area (Å²) in [7, 11) is 0. The largest absolute Gasteiger partial charge is 0.488 e. The van der Waals surface area contributed by atoms with Crippen molar-refractivity contribution in [2.45, 2.75) is 13.5 Å². The first kappa shape index (κ1) is 13.5. The Hall–Kier alpha value is -0.960. The first-order valence-corrected chi connectivity index (χ1v) is 6.39. The van der Waals surface area contributed by atoms with E-state index in [0.717, 1.165) is 16.9 Å². The summed E-state index contributed by atoms with van der Waals surface area (Å²) in [4.78, 5) is 3.95. The van der Waals surface area contributed by atoms with Crippen molar-refractivity contribution in [2.75, 3.05) is 0 Å². The lowest BCUT2D eigenvalue weighted by Gasteiger charge is -2.10. The highest BCUT2D eigenvalue weighted by atomic mass is 35.5. The quantitative estimate of drug-likeness (QED) is 0.750. The fourth-order valence-corrected chi connectivity index (χ4v) is 2.00. The topological polar surface area (TPSA) is 22.1 Å². The maximum absolute atomic E-state index is 5.97. The maximum atomic E-state index is 5.97. The molecule has 2 aromatic rings. The summed E-state index contributed by atoms with van der Waals surface area (Å²) in [5.74, 6) is 0.730. The molecule has 0 saturated heterocycles. The van der Waals surface area contributed by atoms with E-state index in [9.17, 15) is 0 Å². The van der Waals surface area contributed by atoms with E-state index < -0.39 is 0 Å². The van der Waals surface area contributed by atoms with Gasteiger partial charge in [-0.15, -0.1) is 0 Å². The number of rotatable bonds is 3. The smallest absolute Gasteiger partial charge is 0.137 e. The summed E-state index contributed by atoms with van der Waals surface area (Å²) in [6.45, 7) is 2.28. The molecule has 0 radical (unpaired) electrons. The molecule has 0 spiro atoms. The SMILES string of the molecule is Cc1ccc(Cl)cc1OCc1ccc(Cl)nc1Cl. The van der Waals surface area contributed by atoms with Crippen LogP contribution in [0.15, 0.2) is 30.3 Å². The lowest BCUT2D eigenvalue weighted by atomic mass is 10.2. The third kappa shape index (κ3) is 3.29. The van der Waals surface area contributed by atoms with Gasteiger partial charge in [-0.05, 0) is 36.8 Å². The van der Waals surface area contributed by atoms with Crippen molar-refractivity contribution >= 4 is 34.8 Å². The summed E-state index contributed by atoms with van der Waals surface area (Å²) in [6.07, 6.45) is 0. The lowest BCUT2D eigenvalue weighted by molar-refractivity contribution is 0.304. The number of nitrogens with zero attached hydrogens (tertiary/aromatic N) is 1. The van der Waals surface area contributed by atoms with E-state index in [1.54, 1.807) is 18.2 Å². The summed E-state index contributed by atoms with van der Waals surface area (Å²) >= 11 is 17.6. The van der Waals surface area contributed by atoms with Crippen LogP contribution in [0.3, 0.4) is 0 Å². The van der Waals surface area contributed by atoms with E-state index in [4.69, 9.17) is 39.5 Å². The molecule has 0 N–H and O–H groups in total. The molecule has 0 fully saturated rings. The third-order valence-corrected chi connectivity index (χ3v) is 3.20. The summed E-state index contributed by atoms with van der Waals surface area (Å²) in [5.41, 5.74) is 1.79. The number of halogens is 3. The predicted molar refractivity (Wildman–Crippen MR) is 74.8 cm³/mol. The second-order valence-corrected chi connectivity index (χ2v) is 4.96. The lowest BCUT2D eigenvalue weighted by Crippen LogP contribution is -1.99. The molecule has 1 aromatic heterocycles. The van der Waals surface area contributed by atoms with Gasteiger partial charge in [0.05, 0.1) is 0 Å². The molecular formula is C13H10Cl3NO. The van der Waals surface area contributed by atoms with Gasteiger partial charge in [0, 0.05) is 10.6 Å². The Bertz CT molecular complexity index is 572. The molecule has 0 atom stereocenters. The molecule has 0 bridgehead atoms. The number of hydrogen-bond donors (Lipinski definition) is 0. The van der Waals surface area contributed by atoms with Crippen LogP contribution in [0.4, 0.5) is 0 Å². The second kappa shape index (κ2) is 5.79. The van der Waals surface area contributed by atoms with Crippen molar-refractivity contribution in [1.82, 2.24) is 4.98 Å². The van der Waals surface area contributed by atoms with Gasteiger partial charge in [0.2, 0.25) is 0 Å². The van der Waals surface area contributed by atoms with E-state index in [1.165, 1.54) is 0 Å². The minimum atomic E-state index is 0.324. The number of aromatic nitrogens is 1. The molecule has 0 aliphatic carbocycles. The van der Waals surface area contributed by atoms with Crippen LogP contribution in [0.1, 0.15) is 11.1 Å². The van der Waals surface area contributed by atoms with E-state index in [2.05, 4.69) is 4.98 Å². The Morgan fingerprint density at radius 2 is 1.89 bits per heavy atom. The van der Waals surface area contributed by atoms with Crippen LogP contribution in [-0.4, -0.2) is 4.98 Å². The molecule has 94 valence electrons. The Kier molecular flexibility index (Phi) is 4.33. The molecule has 2 nitrogen and oxygen atoms in total. The highest BCUT2D eigenvalue weighted by Crippen LogP contribution is 2.24. The molecule has 0 aliphatic heterocycles. The van der Waals surface area contributed by atoms with Crippen LogP contribution >= 0.6 is 34.8 Å². The molecule has 0 amide bonds. The molecule has 0 unspecified atom stereocenters. The average Bonchev–Trinajstić information content (AvgIpc) is 2.32. The van der Waals surface area contributed by atoms with Crippen LogP contribution in [-0.2, 0) is 6.61 Å². The van der Waals surface area contributed by atoms with E-state index in [0.29, 0.717) is 21.9 Å². The number of pyridine rings is 1. The highest BCUT2D eigenvalue weighted by Gasteiger charge is 2.06. The second-order valence-electron chi connectivity index (χ2n) is 3.78. The van der Waals surface area contributed by atoms with Crippen LogP contribution < -0.4 is 4.74 Å². The number of ether oxygens (including phenoxy) is 1. The summed E-state index contributed by atoms with van der Waals surface area (Å²) in [6, 6.07) is 8.96. The van der Waals surface area contributed by atoms with Gasteiger partial charge in [-0.2, -0.15) is 0 Å². The van der Waals surface area contributed by atoms with Gasteiger partial charge >= 0.3 is 0 Å². The van der Waals surface area contributed by atoms with Crippen molar-refractivity contribution in [3.05, 3.63) is 56.8 Å². The number of aryl methyl sites for hydroxylation is 1. The Labute approximate surface area is 120 Å². The van der Waals surface area contributed by atoms with Crippen molar-refractivity contribution < 1.29 is 4.74 Å². The molecular weight excluding hydrogens is 293 g/mol. The minimum Gasteiger partial charge on any atom is -0.488 e. The molecule has 2 rings (SSSR count). The molecule has 0 aliphatic rings. The molecule has 0 saturated carbocycles. The van der Waals surface area contributed by atoms with Crippen LogP contribution in [0.25, 0.3) is 0 Å². The van der Waals surface area contributed by atoms with E-state index in [1.807, 2.05) is 19.1 Å². The van der Waals surface area contributed by atoms with Gasteiger partial charge in [0.1, 0.15) is 22.7 Å². The van der Waals surface area contributed by atoms with Gasteiger partial charge in [-0.25, -0.2) is 4.98 Å². The highest BCUT2D eigenvalue weighted by molar-refractivity contribution is 6.32. The molecule has 1 aromatic carbocycles. The van der Waals surface area contributed by atoms with Crippen molar-refractivity contribution in [3.8, 4) is 5.75 Å². The fraction of sp³-hybridized carbons (Fsp3) is 0.154. The normalized spacial score (nSPS) is 10.4. The zero-order valence-electron chi connectivity index (χ0n) is 9.58. The average molecular weight is 303 g/mol. The monoisotopic (exact) mass is 301 g/mol. The minimum absolute atomic E-state index is 0.324. The van der Waals surface area contributed by atoms with Gasteiger partial charge < -0.3 is 4.74 Å². The van der Waals surface area contributed by atoms with Crippen LogP contribution in [0, 0.1) is 6.92 Å². The standard InChI is InChI=1S/C13H10Cl3NO/c1-8-2-4-10(14)6-11(8)18-7-9-3-5-12(15)17-13(9)16/h2-6H,7H2,1H3. The number of hydrogen-bond acceptors (Lipinski definition) is 2. The predicted octanol–water partition coefficient (Wildman–Crippen LogP) is 4.93. The fourth-order valence-electron chi connectivity index (χ4n) is 1.43. The van der Waals surface area contributed by atoms with Gasteiger partial charge in [-0.3, -0.25) is 0 Å². The first-order valence-electron chi connectivity index (χ1n) is 5.26. The summed E-state index contributed by atoms with van der Waals surface area (Å²) < 4.78 is 5.67. The van der Waals surface area contributed by atoms with Crippen molar-refractivity contribution in [3.63, 3.8) is 0 Å². The Morgan fingerprint density at radius 3 is 2.61 bits per heavy atom. The van der Waals surface area contributed by atoms with Gasteiger partial charge in [0.15, 0.2) is 0 Å². The molecule has 18 heavy (non-hydrogen) atoms. The zero-order valence-corrected chi connectivity index (χ0v) is 11.9. The third-order valence-electron chi connectivity index (χ3n) is 2.43. The summed E-state index contributed by atoms with van der Waals surface area (Å²) in [5, 5.41) is 1.35. The maximum Gasteiger partial charge on any atom is 0.137 e. The molecule has 1 heterocycles. The first-order chi connectivity index (χ1) is 8.56. The number of benzene rings is 1. The van der Waals surface area contributed by atoms with Gasteiger partial charge in [0.25, 0.3) is 0 Å². The van der Waals surface area contributed by atoms with Crippen molar-refractivity contribution in [2.24, 2.45) is 0 Å².